The first-order chi connectivity index (χ1) is 8.13. The van der Waals surface area contributed by atoms with E-state index in [9.17, 15) is 0 Å². The molecule has 1 aromatic heterocycles. The van der Waals surface area contributed by atoms with Gasteiger partial charge in [-0.2, -0.15) is 4.98 Å². The first kappa shape index (κ1) is 15.2. The summed E-state index contributed by atoms with van der Waals surface area (Å²) >= 11 is 3.44. The van der Waals surface area contributed by atoms with Crippen LogP contribution in [0.4, 0.5) is 11.8 Å². The minimum atomic E-state index is -0.0685. The summed E-state index contributed by atoms with van der Waals surface area (Å²) < 4.78 is 0.823. The smallest absolute Gasteiger partial charge is 0.239 e. The molecule has 0 saturated heterocycles. The Hall–Kier alpha value is -0.880. The first-order valence-corrected chi connectivity index (χ1v) is 6.70. The van der Waals surface area contributed by atoms with E-state index in [4.69, 9.17) is 5.84 Å². The summed E-state index contributed by atoms with van der Waals surface area (Å²) in [7, 11) is 0. The lowest BCUT2D eigenvalue weighted by Gasteiger charge is -2.34. The predicted molar refractivity (Wildman–Crippen MR) is 79.3 cm³/mol. The number of nitrogen functional groups attached to an aromatic ring is 1. The van der Waals surface area contributed by atoms with Crippen molar-refractivity contribution in [1.82, 2.24) is 9.97 Å². The summed E-state index contributed by atoms with van der Waals surface area (Å²) in [6.07, 6.45) is 2.69. The Morgan fingerprint density at radius 3 is 2.39 bits per heavy atom. The number of nitrogens with two attached hydrogens (primary N) is 1. The van der Waals surface area contributed by atoms with Crippen LogP contribution in [0.1, 0.15) is 41.0 Å². The van der Waals surface area contributed by atoms with Crippen molar-refractivity contribution < 1.29 is 0 Å². The molecule has 1 rings (SSSR count). The Morgan fingerprint density at radius 2 is 1.89 bits per heavy atom. The zero-order valence-electron chi connectivity index (χ0n) is 11.6. The van der Waals surface area contributed by atoms with Gasteiger partial charge in [-0.3, -0.25) is 5.43 Å². The third-order valence-corrected chi connectivity index (χ3v) is 2.88. The minimum absolute atomic E-state index is 0.0685. The fraction of sp³-hybridized carbons (Fsp3) is 0.667. The number of hydrazine groups is 1. The highest BCUT2D eigenvalue weighted by atomic mass is 79.9. The molecule has 4 N–H and O–H groups in total. The van der Waals surface area contributed by atoms with E-state index in [1.165, 1.54) is 0 Å². The average Bonchev–Trinajstić information content (AvgIpc) is 2.17. The second kappa shape index (κ2) is 5.40. The number of halogens is 1. The lowest BCUT2D eigenvalue weighted by Crippen LogP contribution is -2.36. The van der Waals surface area contributed by atoms with Gasteiger partial charge < -0.3 is 5.32 Å². The highest BCUT2D eigenvalue weighted by Gasteiger charge is 2.26. The molecule has 0 bridgehead atoms. The summed E-state index contributed by atoms with van der Waals surface area (Å²) in [5.74, 6) is 6.45. The van der Waals surface area contributed by atoms with Gasteiger partial charge in [0.2, 0.25) is 5.95 Å². The lowest BCUT2D eigenvalue weighted by molar-refractivity contribution is 0.302. The largest absolute Gasteiger partial charge is 0.364 e. The van der Waals surface area contributed by atoms with E-state index < -0.39 is 0 Å². The summed E-state index contributed by atoms with van der Waals surface area (Å²) in [4.78, 5) is 8.33. The van der Waals surface area contributed by atoms with E-state index >= 15 is 0 Å². The van der Waals surface area contributed by atoms with Crippen molar-refractivity contribution in [3.05, 3.63) is 10.7 Å². The molecular formula is C12H22BrN5. The Balaban J connectivity index is 2.89. The molecule has 1 aromatic rings. The molecular weight excluding hydrogens is 294 g/mol. The Kier molecular flexibility index (Phi) is 4.55. The van der Waals surface area contributed by atoms with Crippen LogP contribution in [0.3, 0.4) is 0 Å². The third kappa shape index (κ3) is 4.78. The molecule has 5 nitrogen and oxygen atoms in total. The normalized spacial score (nSPS) is 12.4. The maximum atomic E-state index is 5.32. The van der Waals surface area contributed by atoms with Gasteiger partial charge in [0.25, 0.3) is 0 Å². The highest BCUT2D eigenvalue weighted by Crippen LogP contribution is 2.31. The Bertz CT molecular complexity index is 411. The molecule has 0 spiro atoms. The third-order valence-electron chi connectivity index (χ3n) is 2.30. The van der Waals surface area contributed by atoms with Crippen molar-refractivity contribution in [3.63, 3.8) is 0 Å². The molecule has 18 heavy (non-hydrogen) atoms. The van der Waals surface area contributed by atoms with E-state index in [-0.39, 0.29) is 11.0 Å². The van der Waals surface area contributed by atoms with Crippen LogP contribution in [0.25, 0.3) is 0 Å². The monoisotopic (exact) mass is 315 g/mol. The van der Waals surface area contributed by atoms with Crippen molar-refractivity contribution in [2.45, 2.75) is 46.6 Å². The standard InChI is InChI=1S/C12H22BrN5/c1-11(2,3)7-12(4,5)17-9-8(13)6-15-10(16-9)18-14/h6H,7,14H2,1-5H3,(H2,15,16,17,18). The molecule has 0 atom stereocenters. The van der Waals surface area contributed by atoms with Gasteiger partial charge in [0, 0.05) is 11.7 Å². The molecule has 0 aromatic carbocycles. The summed E-state index contributed by atoms with van der Waals surface area (Å²) in [5, 5.41) is 3.42. The van der Waals surface area contributed by atoms with Gasteiger partial charge >= 0.3 is 0 Å². The number of hydrogen-bond acceptors (Lipinski definition) is 5. The maximum Gasteiger partial charge on any atom is 0.239 e. The van der Waals surface area contributed by atoms with Crippen LogP contribution >= 0.6 is 15.9 Å². The zero-order valence-corrected chi connectivity index (χ0v) is 13.2. The van der Waals surface area contributed by atoms with Gasteiger partial charge in [0.1, 0.15) is 5.82 Å². The average molecular weight is 316 g/mol. The van der Waals surface area contributed by atoms with E-state index in [1.54, 1.807) is 6.20 Å². The summed E-state index contributed by atoms with van der Waals surface area (Å²) in [5.41, 5.74) is 2.62. The van der Waals surface area contributed by atoms with Crippen molar-refractivity contribution in [1.29, 1.82) is 0 Å². The zero-order chi connectivity index (χ0) is 14.0. The molecule has 0 aliphatic rings. The first-order valence-electron chi connectivity index (χ1n) is 5.90. The molecule has 6 heteroatoms. The van der Waals surface area contributed by atoms with Gasteiger partial charge in [-0.25, -0.2) is 10.8 Å². The number of nitrogens with zero attached hydrogens (tertiary/aromatic N) is 2. The lowest BCUT2D eigenvalue weighted by atomic mass is 9.82. The Labute approximate surface area is 117 Å². The molecule has 0 amide bonds. The molecule has 102 valence electrons. The minimum Gasteiger partial charge on any atom is -0.364 e. The van der Waals surface area contributed by atoms with Gasteiger partial charge in [0.05, 0.1) is 4.47 Å². The van der Waals surface area contributed by atoms with Crippen LogP contribution in [0, 0.1) is 5.41 Å². The van der Waals surface area contributed by atoms with Crippen LogP contribution in [0.15, 0.2) is 10.7 Å². The van der Waals surface area contributed by atoms with Gasteiger partial charge in [-0.05, 0) is 41.6 Å². The fourth-order valence-electron chi connectivity index (χ4n) is 2.21. The van der Waals surface area contributed by atoms with Crippen molar-refractivity contribution >= 4 is 27.7 Å². The van der Waals surface area contributed by atoms with E-state index in [0.29, 0.717) is 5.95 Å². The molecule has 0 radical (unpaired) electrons. The molecule has 0 aliphatic heterocycles. The number of rotatable bonds is 4. The molecule has 0 aliphatic carbocycles. The molecule has 1 heterocycles. The van der Waals surface area contributed by atoms with Crippen molar-refractivity contribution in [3.8, 4) is 0 Å². The second-order valence-corrected chi connectivity index (χ2v) is 7.14. The van der Waals surface area contributed by atoms with Crippen LogP contribution in [-0.2, 0) is 0 Å². The topological polar surface area (TPSA) is 75.9 Å². The highest BCUT2D eigenvalue weighted by molar-refractivity contribution is 9.10. The summed E-state index contributed by atoms with van der Waals surface area (Å²) in [6.45, 7) is 11.0. The molecule has 0 saturated carbocycles. The second-order valence-electron chi connectivity index (χ2n) is 6.28. The fourth-order valence-corrected chi connectivity index (χ4v) is 2.51. The SMILES string of the molecule is CC(C)(C)CC(C)(C)Nc1nc(NN)ncc1Br. The number of anilines is 2. The van der Waals surface area contributed by atoms with Gasteiger partial charge in [-0.15, -0.1) is 0 Å². The van der Waals surface area contributed by atoms with Crippen molar-refractivity contribution in [2.24, 2.45) is 11.3 Å². The molecule has 0 fully saturated rings. The van der Waals surface area contributed by atoms with Crippen LogP contribution in [0.5, 0.6) is 0 Å². The van der Waals surface area contributed by atoms with E-state index in [2.05, 4.69) is 71.3 Å². The number of hydrogen-bond donors (Lipinski definition) is 3. The quantitative estimate of drug-likeness (QED) is 0.588. The number of nitrogens with one attached hydrogen (secondary N) is 2. The van der Waals surface area contributed by atoms with Gasteiger partial charge in [-0.1, -0.05) is 20.8 Å². The van der Waals surface area contributed by atoms with E-state index in [1.807, 2.05) is 0 Å². The summed E-state index contributed by atoms with van der Waals surface area (Å²) in [6, 6.07) is 0. The number of aromatic nitrogens is 2. The van der Waals surface area contributed by atoms with E-state index in [0.717, 1.165) is 16.7 Å². The van der Waals surface area contributed by atoms with Gasteiger partial charge in [0.15, 0.2) is 0 Å². The molecule has 0 unspecified atom stereocenters. The van der Waals surface area contributed by atoms with Crippen LogP contribution in [-0.4, -0.2) is 15.5 Å². The van der Waals surface area contributed by atoms with Crippen molar-refractivity contribution in [2.75, 3.05) is 10.7 Å². The predicted octanol–water partition coefficient (Wildman–Crippen LogP) is 3.15. The Morgan fingerprint density at radius 1 is 1.28 bits per heavy atom. The maximum absolute atomic E-state index is 5.32. The van der Waals surface area contributed by atoms with Crippen LogP contribution < -0.4 is 16.6 Å². The van der Waals surface area contributed by atoms with Crippen LogP contribution in [0.2, 0.25) is 0 Å².